The molecule has 0 radical (unpaired) electrons. The van der Waals surface area contributed by atoms with Gasteiger partial charge in [-0.3, -0.25) is 0 Å². The van der Waals surface area contributed by atoms with Gasteiger partial charge >= 0.3 is 0 Å². The van der Waals surface area contributed by atoms with Gasteiger partial charge in [-0.1, -0.05) is 12.8 Å². The number of rotatable bonds is 3. The van der Waals surface area contributed by atoms with E-state index in [1.165, 1.54) is 38.5 Å². The van der Waals surface area contributed by atoms with Crippen LogP contribution in [-0.2, 0) is 9.47 Å². The molecule has 0 bridgehead atoms. The molecule has 1 saturated heterocycles. The third kappa shape index (κ3) is 2.89. The zero-order valence-corrected chi connectivity index (χ0v) is 11.3. The van der Waals surface area contributed by atoms with Gasteiger partial charge < -0.3 is 14.6 Å². The van der Waals surface area contributed by atoms with Gasteiger partial charge in [0.15, 0.2) is 0 Å². The molecule has 1 N–H and O–H groups in total. The molecule has 1 spiro atoms. The van der Waals surface area contributed by atoms with Crippen LogP contribution in [0.3, 0.4) is 0 Å². The summed E-state index contributed by atoms with van der Waals surface area (Å²) in [5.74, 6) is 0. The zero-order valence-electron chi connectivity index (χ0n) is 11.3. The van der Waals surface area contributed by atoms with Crippen molar-refractivity contribution in [3.63, 3.8) is 0 Å². The van der Waals surface area contributed by atoms with Crippen molar-refractivity contribution < 1.29 is 14.6 Å². The molecule has 2 aliphatic carbocycles. The second kappa shape index (κ2) is 5.48. The maximum Gasteiger partial charge on any atom is 0.0817 e. The lowest BCUT2D eigenvalue weighted by atomic mass is 9.95. The Labute approximate surface area is 110 Å². The lowest BCUT2D eigenvalue weighted by molar-refractivity contribution is -0.0908. The number of ether oxygens (including phenoxy) is 2. The minimum atomic E-state index is -0.0886. The predicted molar refractivity (Wildman–Crippen MR) is 69.5 cm³/mol. The molecule has 0 aromatic rings. The summed E-state index contributed by atoms with van der Waals surface area (Å²) in [5, 5.41) is 9.47. The Morgan fingerprint density at radius 1 is 1.00 bits per heavy atom. The van der Waals surface area contributed by atoms with E-state index in [4.69, 9.17) is 9.47 Å². The highest BCUT2D eigenvalue weighted by Gasteiger charge is 2.42. The van der Waals surface area contributed by atoms with E-state index in [-0.39, 0.29) is 11.7 Å². The van der Waals surface area contributed by atoms with Crippen LogP contribution >= 0.6 is 0 Å². The van der Waals surface area contributed by atoms with Gasteiger partial charge in [0.05, 0.1) is 30.5 Å². The van der Waals surface area contributed by atoms with Crippen molar-refractivity contribution in [3.05, 3.63) is 0 Å². The van der Waals surface area contributed by atoms with Crippen LogP contribution in [0.25, 0.3) is 0 Å². The fourth-order valence-electron chi connectivity index (χ4n) is 3.86. The number of aliphatic hydroxyl groups is 1. The van der Waals surface area contributed by atoms with Crippen LogP contribution in [0.2, 0.25) is 0 Å². The van der Waals surface area contributed by atoms with Gasteiger partial charge in [0, 0.05) is 0 Å². The van der Waals surface area contributed by atoms with E-state index in [1.54, 1.807) is 0 Å². The Bertz CT molecular complexity index is 265. The van der Waals surface area contributed by atoms with Gasteiger partial charge in [0.25, 0.3) is 0 Å². The van der Waals surface area contributed by atoms with Gasteiger partial charge in [-0.05, 0) is 51.4 Å². The summed E-state index contributed by atoms with van der Waals surface area (Å²) in [6, 6.07) is 0. The molecule has 3 nitrogen and oxygen atoms in total. The monoisotopic (exact) mass is 254 g/mol. The van der Waals surface area contributed by atoms with Crippen LogP contribution in [0.5, 0.6) is 0 Å². The summed E-state index contributed by atoms with van der Waals surface area (Å²) >= 11 is 0. The molecule has 2 saturated carbocycles. The van der Waals surface area contributed by atoms with E-state index in [2.05, 4.69) is 0 Å². The Morgan fingerprint density at radius 2 is 1.72 bits per heavy atom. The molecule has 3 aliphatic rings. The first-order chi connectivity index (χ1) is 8.76. The van der Waals surface area contributed by atoms with Crippen molar-refractivity contribution in [3.8, 4) is 0 Å². The number of hydrogen-bond donors (Lipinski definition) is 1. The maximum absolute atomic E-state index is 9.47. The first-order valence-corrected chi connectivity index (χ1v) is 7.73. The molecule has 0 amide bonds. The normalized spacial score (nSPS) is 39.5. The summed E-state index contributed by atoms with van der Waals surface area (Å²) in [5.41, 5.74) is 0.233. The lowest BCUT2D eigenvalue weighted by Crippen LogP contribution is -2.30. The highest BCUT2D eigenvalue weighted by atomic mass is 16.6. The Hall–Kier alpha value is -0.120. The number of hydrogen-bond acceptors (Lipinski definition) is 3. The van der Waals surface area contributed by atoms with Gasteiger partial charge in [0.1, 0.15) is 0 Å². The highest BCUT2D eigenvalue weighted by Crippen LogP contribution is 2.43. The summed E-state index contributed by atoms with van der Waals surface area (Å²) < 4.78 is 12.2. The molecule has 18 heavy (non-hydrogen) atoms. The van der Waals surface area contributed by atoms with Crippen LogP contribution in [-0.4, -0.2) is 35.6 Å². The van der Waals surface area contributed by atoms with Gasteiger partial charge in [-0.15, -0.1) is 0 Å². The number of aliphatic hydroxyl groups excluding tert-OH is 1. The molecule has 3 heteroatoms. The van der Waals surface area contributed by atoms with E-state index < -0.39 is 0 Å². The first-order valence-electron chi connectivity index (χ1n) is 7.73. The van der Waals surface area contributed by atoms with Crippen LogP contribution in [0.4, 0.5) is 0 Å². The summed E-state index contributed by atoms with van der Waals surface area (Å²) in [6.07, 6.45) is 12.1. The first kappa shape index (κ1) is 12.9. The highest BCUT2D eigenvalue weighted by molar-refractivity contribution is 4.92. The SMILES string of the molecule is OC1CCC(OCC2CCC3(CCCC3)O2)CC1. The molecular formula is C15H26O3. The van der Waals surface area contributed by atoms with E-state index in [9.17, 15) is 5.11 Å². The molecule has 1 aliphatic heterocycles. The van der Waals surface area contributed by atoms with Gasteiger partial charge in [-0.2, -0.15) is 0 Å². The summed E-state index contributed by atoms with van der Waals surface area (Å²) in [7, 11) is 0. The van der Waals surface area contributed by atoms with Crippen LogP contribution < -0.4 is 0 Å². The predicted octanol–water partition coefficient (Wildman–Crippen LogP) is 2.80. The summed E-state index contributed by atoms with van der Waals surface area (Å²) in [4.78, 5) is 0. The standard InChI is InChI=1S/C15H26O3/c16-12-3-5-13(6-4-12)17-11-14-7-10-15(18-14)8-1-2-9-15/h12-14,16H,1-11H2. The maximum atomic E-state index is 9.47. The van der Waals surface area contributed by atoms with Crippen molar-refractivity contribution >= 4 is 0 Å². The molecule has 3 fully saturated rings. The lowest BCUT2D eigenvalue weighted by Gasteiger charge is -2.28. The molecular weight excluding hydrogens is 228 g/mol. The molecule has 0 aromatic carbocycles. The molecule has 3 rings (SSSR count). The minimum Gasteiger partial charge on any atom is -0.393 e. The van der Waals surface area contributed by atoms with E-state index in [0.29, 0.717) is 12.2 Å². The molecule has 0 aromatic heterocycles. The average Bonchev–Trinajstić information content (AvgIpc) is 3.00. The molecule has 1 unspecified atom stereocenters. The minimum absolute atomic E-state index is 0.0886. The third-order valence-electron chi connectivity index (χ3n) is 5.01. The van der Waals surface area contributed by atoms with Crippen molar-refractivity contribution in [2.24, 2.45) is 0 Å². The second-order valence-corrected chi connectivity index (χ2v) is 6.43. The van der Waals surface area contributed by atoms with E-state index >= 15 is 0 Å². The smallest absolute Gasteiger partial charge is 0.0817 e. The van der Waals surface area contributed by atoms with Crippen LogP contribution in [0, 0.1) is 0 Å². The third-order valence-corrected chi connectivity index (χ3v) is 5.01. The van der Waals surface area contributed by atoms with Crippen molar-refractivity contribution in [2.75, 3.05) is 6.61 Å². The van der Waals surface area contributed by atoms with E-state index in [1.807, 2.05) is 0 Å². The molecule has 104 valence electrons. The van der Waals surface area contributed by atoms with Crippen molar-refractivity contribution in [2.45, 2.75) is 88.1 Å². The Morgan fingerprint density at radius 3 is 2.44 bits per heavy atom. The van der Waals surface area contributed by atoms with E-state index in [0.717, 1.165) is 32.3 Å². The summed E-state index contributed by atoms with van der Waals surface area (Å²) in [6.45, 7) is 0.766. The van der Waals surface area contributed by atoms with Crippen molar-refractivity contribution in [1.29, 1.82) is 0 Å². The quantitative estimate of drug-likeness (QED) is 0.841. The van der Waals surface area contributed by atoms with Gasteiger partial charge in [-0.25, -0.2) is 0 Å². The Balaban J connectivity index is 1.39. The van der Waals surface area contributed by atoms with Gasteiger partial charge in [0.2, 0.25) is 0 Å². The van der Waals surface area contributed by atoms with Crippen LogP contribution in [0.15, 0.2) is 0 Å². The fraction of sp³-hybridized carbons (Fsp3) is 1.00. The largest absolute Gasteiger partial charge is 0.393 e. The Kier molecular flexibility index (Phi) is 3.92. The zero-order chi connectivity index (χ0) is 12.4. The van der Waals surface area contributed by atoms with Crippen LogP contribution in [0.1, 0.15) is 64.2 Å². The average molecular weight is 254 g/mol. The second-order valence-electron chi connectivity index (χ2n) is 6.43. The fourth-order valence-corrected chi connectivity index (χ4v) is 3.86. The topological polar surface area (TPSA) is 38.7 Å². The molecule has 1 heterocycles. The van der Waals surface area contributed by atoms with Crippen molar-refractivity contribution in [1.82, 2.24) is 0 Å². The molecule has 1 atom stereocenters.